The molecule has 5 nitrogen and oxygen atoms in total. The van der Waals surface area contributed by atoms with Crippen LogP contribution in [0.2, 0.25) is 0 Å². The molecule has 0 amide bonds. The Balaban J connectivity index is 1.87. The van der Waals surface area contributed by atoms with Crippen LogP contribution in [0.25, 0.3) is 0 Å². The number of hydrogen-bond donors (Lipinski definition) is 1. The topological polar surface area (TPSA) is 64.6 Å². The van der Waals surface area contributed by atoms with Crippen molar-refractivity contribution in [1.82, 2.24) is 4.72 Å². The van der Waals surface area contributed by atoms with Gasteiger partial charge in [-0.2, -0.15) is 0 Å². The van der Waals surface area contributed by atoms with E-state index in [9.17, 15) is 21.6 Å². The van der Waals surface area contributed by atoms with Gasteiger partial charge in [0, 0.05) is 6.54 Å². The van der Waals surface area contributed by atoms with Gasteiger partial charge in [-0.3, -0.25) is 0 Å². The monoisotopic (exact) mass is 375 g/mol. The van der Waals surface area contributed by atoms with Gasteiger partial charge in [-0.25, -0.2) is 13.1 Å². The fourth-order valence-corrected chi connectivity index (χ4v) is 2.90. The molecule has 2 aromatic carbocycles. The molecule has 9 heteroatoms. The van der Waals surface area contributed by atoms with E-state index in [1.54, 1.807) is 12.1 Å². The van der Waals surface area contributed by atoms with Crippen molar-refractivity contribution in [3.8, 4) is 11.5 Å². The third kappa shape index (κ3) is 6.28. The van der Waals surface area contributed by atoms with E-state index in [4.69, 9.17) is 4.74 Å². The van der Waals surface area contributed by atoms with Gasteiger partial charge in [0.25, 0.3) is 0 Å². The first kappa shape index (κ1) is 19.1. The summed E-state index contributed by atoms with van der Waals surface area (Å²) in [7, 11) is -3.85. The number of ether oxygens (including phenoxy) is 2. The minimum Gasteiger partial charge on any atom is -0.492 e. The first-order valence-corrected chi connectivity index (χ1v) is 8.69. The van der Waals surface area contributed by atoms with Crippen LogP contribution in [0.5, 0.6) is 11.5 Å². The molecule has 2 rings (SSSR count). The molecule has 0 aliphatic rings. The molecule has 0 aliphatic heterocycles. The van der Waals surface area contributed by atoms with Crippen molar-refractivity contribution >= 4 is 10.0 Å². The summed E-state index contributed by atoms with van der Waals surface area (Å²) < 4.78 is 71.7. The lowest BCUT2D eigenvalue weighted by molar-refractivity contribution is -0.274. The summed E-state index contributed by atoms with van der Waals surface area (Å²) in [4.78, 5) is -0.169. The Labute approximate surface area is 143 Å². The summed E-state index contributed by atoms with van der Waals surface area (Å²) in [6, 6.07) is 11.2. The van der Waals surface area contributed by atoms with Gasteiger partial charge in [0.15, 0.2) is 0 Å². The Morgan fingerprint density at radius 2 is 1.52 bits per heavy atom. The molecule has 0 aromatic heterocycles. The van der Waals surface area contributed by atoms with E-state index in [2.05, 4.69) is 9.46 Å². The molecule has 0 bridgehead atoms. The van der Waals surface area contributed by atoms with Crippen LogP contribution in [0.15, 0.2) is 53.4 Å². The Hall–Kier alpha value is -2.26. The maximum Gasteiger partial charge on any atom is 0.573 e. The normalized spacial score (nSPS) is 12.0. The number of benzene rings is 2. The van der Waals surface area contributed by atoms with E-state index >= 15 is 0 Å². The van der Waals surface area contributed by atoms with Crippen LogP contribution in [0, 0.1) is 6.92 Å². The lowest BCUT2D eigenvalue weighted by Crippen LogP contribution is -2.28. The van der Waals surface area contributed by atoms with Crippen molar-refractivity contribution in [2.75, 3.05) is 13.2 Å². The summed E-state index contributed by atoms with van der Waals surface area (Å²) in [5.74, 6) is 0.118. The Morgan fingerprint density at radius 1 is 0.960 bits per heavy atom. The van der Waals surface area contributed by atoms with E-state index < -0.39 is 22.1 Å². The van der Waals surface area contributed by atoms with Crippen molar-refractivity contribution in [3.63, 3.8) is 0 Å². The number of halogens is 3. The van der Waals surface area contributed by atoms with Gasteiger partial charge in [0.1, 0.15) is 18.1 Å². The fraction of sp³-hybridized carbons (Fsp3) is 0.250. The number of hydrogen-bond acceptors (Lipinski definition) is 4. The number of nitrogens with one attached hydrogen (secondary N) is 1. The van der Waals surface area contributed by atoms with E-state index in [0.29, 0.717) is 5.75 Å². The SMILES string of the molecule is Cc1ccc(OCCNS(=O)(=O)c2ccc(OC(F)(F)F)cc2)cc1. The summed E-state index contributed by atoms with van der Waals surface area (Å²) in [5, 5.41) is 0. The standard InChI is InChI=1S/C16H16F3NO4S/c1-12-2-4-13(5-3-12)23-11-10-20-25(21,22)15-8-6-14(7-9-15)24-16(17,18)19/h2-9,20H,10-11H2,1H3. The van der Waals surface area contributed by atoms with Crippen molar-refractivity contribution in [3.05, 3.63) is 54.1 Å². The van der Waals surface area contributed by atoms with Gasteiger partial charge < -0.3 is 9.47 Å². The molecule has 0 unspecified atom stereocenters. The molecule has 25 heavy (non-hydrogen) atoms. The van der Waals surface area contributed by atoms with Crippen LogP contribution in [0.1, 0.15) is 5.56 Å². The van der Waals surface area contributed by atoms with Gasteiger partial charge in [-0.05, 0) is 43.3 Å². The number of sulfonamides is 1. The second kappa shape index (κ2) is 7.75. The molecule has 0 fully saturated rings. The second-order valence-electron chi connectivity index (χ2n) is 5.08. The van der Waals surface area contributed by atoms with Gasteiger partial charge >= 0.3 is 6.36 Å². The molecular formula is C16H16F3NO4S. The Bertz CT molecular complexity index is 788. The molecule has 0 spiro atoms. The third-order valence-electron chi connectivity index (χ3n) is 3.05. The molecule has 0 saturated carbocycles. The highest BCUT2D eigenvalue weighted by molar-refractivity contribution is 7.89. The average Bonchev–Trinajstić information content (AvgIpc) is 2.52. The first-order valence-electron chi connectivity index (χ1n) is 7.21. The smallest absolute Gasteiger partial charge is 0.492 e. The molecular weight excluding hydrogens is 359 g/mol. The zero-order valence-electron chi connectivity index (χ0n) is 13.2. The summed E-state index contributed by atoms with van der Waals surface area (Å²) >= 11 is 0. The first-order chi connectivity index (χ1) is 11.7. The van der Waals surface area contributed by atoms with E-state index in [0.717, 1.165) is 29.8 Å². The van der Waals surface area contributed by atoms with Gasteiger partial charge in [0.2, 0.25) is 10.0 Å². The predicted octanol–water partition coefficient (Wildman–Crippen LogP) is 3.25. The quantitative estimate of drug-likeness (QED) is 0.755. The molecule has 0 heterocycles. The molecule has 1 N–H and O–H groups in total. The second-order valence-corrected chi connectivity index (χ2v) is 6.85. The van der Waals surface area contributed by atoms with E-state index in [1.165, 1.54) is 0 Å². The lowest BCUT2D eigenvalue weighted by Gasteiger charge is -2.11. The van der Waals surface area contributed by atoms with Crippen molar-refractivity contribution in [2.24, 2.45) is 0 Å². The van der Waals surface area contributed by atoms with Gasteiger partial charge in [0.05, 0.1) is 4.90 Å². The van der Waals surface area contributed by atoms with Crippen LogP contribution in [0.4, 0.5) is 13.2 Å². The summed E-state index contributed by atoms with van der Waals surface area (Å²) in [6.07, 6.45) is -4.83. The van der Waals surface area contributed by atoms with Crippen LogP contribution >= 0.6 is 0 Å². The maximum atomic E-state index is 12.1. The van der Waals surface area contributed by atoms with Crippen molar-refractivity contribution in [1.29, 1.82) is 0 Å². The zero-order valence-corrected chi connectivity index (χ0v) is 14.0. The number of rotatable bonds is 7. The zero-order chi connectivity index (χ0) is 18.5. The van der Waals surface area contributed by atoms with Gasteiger partial charge in [-0.15, -0.1) is 13.2 Å². The molecule has 0 atom stereocenters. The highest BCUT2D eigenvalue weighted by Gasteiger charge is 2.31. The molecule has 0 radical (unpaired) electrons. The minimum absolute atomic E-state index is 0.0109. The summed E-state index contributed by atoms with van der Waals surface area (Å²) in [6.45, 7) is 2.05. The summed E-state index contributed by atoms with van der Waals surface area (Å²) in [5.41, 5.74) is 1.08. The lowest BCUT2D eigenvalue weighted by atomic mass is 10.2. The third-order valence-corrected chi connectivity index (χ3v) is 4.53. The van der Waals surface area contributed by atoms with Gasteiger partial charge in [-0.1, -0.05) is 17.7 Å². The Morgan fingerprint density at radius 3 is 2.08 bits per heavy atom. The Kier molecular flexibility index (Phi) is 5.91. The van der Waals surface area contributed by atoms with Crippen LogP contribution in [-0.2, 0) is 10.0 Å². The fourth-order valence-electron chi connectivity index (χ4n) is 1.88. The molecule has 136 valence electrons. The van der Waals surface area contributed by atoms with Crippen LogP contribution in [0.3, 0.4) is 0 Å². The maximum absolute atomic E-state index is 12.1. The number of alkyl halides is 3. The highest BCUT2D eigenvalue weighted by Crippen LogP contribution is 2.23. The largest absolute Gasteiger partial charge is 0.573 e. The van der Waals surface area contributed by atoms with Crippen molar-refractivity contribution in [2.45, 2.75) is 18.2 Å². The molecule has 0 aliphatic carbocycles. The average molecular weight is 375 g/mol. The van der Waals surface area contributed by atoms with Crippen LogP contribution < -0.4 is 14.2 Å². The molecule has 2 aromatic rings. The van der Waals surface area contributed by atoms with Crippen molar-refractivity contribution < 1.29 is 31.1 Å². The van der Waals surface area contributed by atoms with E-state index in [-0.39, 0.29) is 18.0 Å². The van der Waals surface area contributed by atoms with Crippen LogP contribution in [-0.4, -0.2) is 27.9 Å². The predicted molar refractivity (Wildman–Crippen MR) is 85.0 cm³/mol. The highest BCUT2D eigenvalue weighted by atomic mass is 32.2. The van der Waals surface area contributed by atoms with E-state index in [1.807, 2.05) is 19.1 Å². The minimum atomic E-state index is -4.83. The molecule has 0 saturated heterocycles. The number of aryl methyl sites for hydroxylation is 1.